The first kappa shape index (κ1) is 15.8. The smallest absolute Gasteiger partial charge is 0.244 e. The SMILES string of the molecule is COc1ccc(/C=N/NC(=O)Cc2ccccc2)c(C)c1C. The van der Waals surface area contributed by atoms with Crippen LogP contribution in [0.2, 0.25) is 0 Å². The highest BCUT2D eigenvalue weighted by atomic mass is 16.5. The van der Waals surface area contributed by atoms with Gasteiger partial charge in [-0.05, 0) is 48.2 Å². The van der Waals surface area contributed by atoms with Crippen molar-refractivity contribution < 1.29 is 9.53 Å². The summed E-state index contributed by atoms with van der Waals surface area (Å²) in [6.45, 7) is 4.00. The van der Waals surface area contributed by atoms with Crippen LogP contribution in [-0.4, -0.2) is 19.2 Å². The fourth-order valence-corrected chi connectivity index (χ4v) is 2.17. The summed E-state index contributed by atoms with van der Waals surface area (Å²) in [6.07, 6.45) is 1.98. The molecule has 0 saturated carbocycles. The Kier molecular flexibility index (Phi) is 5.31. The van der Waals surface area contributed by atoms with Crippen molar-refractivity contribution in [1.82, 2.24) is 5.43 Å². The molecule has 22 heavy (non-hydrogen) atoms. The molecule has 0 fully saturated rings. The van der Waals surface area contributed by atoms with Crippen LogP contribution in [0.1, 0.15) is 22.3 Å². The Labute approximate surface area is 130 Å². The maximum atomic E-state index is 11.8. The molecule has 4 nitrogen and oxygen atoms in total. The van der Waals surface area contributed by atoms with Crippen LogP contribution < -0.4 is 10.2 Å². The minimum absolute atomic E-state index is 0.134. The van der Waals surface area contributed by atoms with Crippen molar-refractivity contribution in [2.24, 2.45) is 5.10 Å². The van der Waals surface area contributed by atoms with Crippen molar-refractivity contribution in [2.75, 3.05) is 7.11 Å². The van der Waals surface area contributed by atoms with Gasteiger partial charge in [0, 0.05) is 0 Å². The van der Waals surface area contributed by atoms with E-state index < -0.39 is 0 Å². The summed E-state index contributed by atoms with van der Waals surface area (Å²) < 4.78 is 5.28. The maximum Gasteiger partial charge on any atom is 0.244 e. The Morgan fingerprint density at radius 2 is 1.86 bits per heavy atom. The molecular weight excluding hydrogens is 276 g/mol. The quantitative estimate of drug-likeness (QED) is 0.681. The molecule has 0 spiro atoms. The molecule has 0 aliphatic carbocycles. The summed E-state index contributed by atoms with van der Waals surface area (Å²) in [5.74, 6) is 0.716. The lowest BCUT2D eigenvalue weighted by Gasteiger charge is -2.09. The van der Waals surface area contributed by atoms with Gasteiger partial charge in [0.25, 0.3) is 0 Å². The minimum atomic E-state index is -0.134. The standard InChI is InChI=1S/C18H20N2O2/c1-13-14(2)17(22-3)10-9-16(13)12-19-20-18(21)11-15-7-5-4-6-8-15/h4-10,12H,11H2,1-3H3,(H,20,21)/b19-12+. The second-order valence-electron chi connectivity index (χ2n) is 5.06. The van der Waals surface area contributed by atoms with E-state index in [0.717, 1.165) is 28.0 Å². The number of benzene rings is 2. The third kappa shape index (κ3) is 3.95. The zero-order valence-corrected chi connectivity index (χ0v) is 13.1. The first-order valence-corrected chi connectivity index (χ1v) is 7.12. The van der Waals surface area contributed by atoms with Crippen molar-refractivity contribution in [3.05, 3.63) is 64.7 Å². The van der Waals surface area contributed by atoms with Gasteiger partial charge >= 0.3 is 0 Å². The number of rotatable bonds is 5. The molecule has 0 aliphatic rings. The molecule has 0 bridgehead atoms. The Morgan fingerprint density at radius 3 is 2.55 bits per heavy atom. The number of hydrazone groups is 1. The zero-order chi connectivity index (χ0) is 15.9. The minimum Gasteiger partial charge on any atom is -0.496 e. The number of methoxy groups -OCH3 is 1. The molecule has 0 aliphatic heterocycles. The van der Waals surface area contributed by atoms with Gasteiger partial charge in [0.05, 0.1) is 19.7 Å². The number of ether oxygens (including phenoxy) is 1. The van der Waals surface area contributed by atoms with E-state index in [4.69, 9.17) is 4.74 Å². The van der Waals surface area contributed by atoms with Gasteiger partial charge in [-0.25, -0.2) is 5.43 Å². The first-order valence-electron chi connectivity index (χ1n) is 7.12. The summed E-state index contributed by atoms with van der Waals surface area (Å²) >= 11 is 0. The average molecular weight is 296 g/mol. The molecule has 2 aromatic rings. The molecule has 114 valence electrons. The van der Waals surface area contributed by atoms with E-state index >= 15 is 0 Å². The third-order valence-electron chi connectivity index (χ3n) is 3.60. The molecule has 4 heteroatoms. The van der Waals surface area contributed by atoms with Crippen LogP contribution in [-0.2, 0) is 11.2 Å². The second-order valence-corrected chi connectivity index (χ2v) is 5.06. The number of hydrogen-bond donors (Lipinski definition) is 1. The molecule has 0 unspecified atom stereocenters. The molecule has 0 atom stereocenters. The molecule has 2 aromatic carbocycles. The number of carbonyl (C=O) groups excluding carboxylic acids is 1. The zero-order valence-electron chi connectivity index (χ0n) is 13.1. The summed E-state index contributed by atoms with van der Waals surface area (Å²) in [4.78, 5) is 11.8. The lowest BCUT2D eigenvalue weighted by atomic mass is 10.0. The fourth-order valence-electron chi connectivity index (χ4n) is 2.17. The molecule has 2 rings (SSSR count). The van der Waals surface area contributed by atoms with Gasteiger partial charge in [0.1, 0.15) is 5.75 Å². The summed E-state index contributed by atoms with van der Waals surface area (Å²) in [5, 5.41) is 4.03. The lowest BCUT2D eigenvalue weighted by molar-refractivity contribution is -0.120. The average Bonchev–Trinajstić information content (AvgIpc) is 2.52. The van der Waals surface area contributed by atoms with Crippen LogP contribution in [0.3, 0.4) is 0 Å². The van der Waals surface area contributed by atoms with Gasteiger partial charge in [-0.3, -0.25) is 4.79 Å². The number of nitrogens with one attached hydrogen (secondary N) is 1. The fraction of sp³-hybridized carbons (Fsp3) is 0.222. The van der Waals surface area contributed by atoms with Crippen LogP contribution >= 0.6 is 0 Å². The topological polar surface area (TPSA) is 50.7 Å². The Morgan fingerprint density at radius 1 is 1.14 bits per heavy atom. The van der Waals surface area contributed by atoms with Crippen LogP contribution in [0.5, 0.6) is 5.75 Å². The predicted molar refractivity (Wildman–Crippen MR) is 88.4 cm³/mol. The number of amides is 1. The van der Waals surface area contributed by atoms with E-state index in [-0.39, 0.29) is 5.91 Å². The molecule has 0 saturated heterocycles. The van der Waals surface area contributed by atoms with Gasteiger partial charge in [-0.2, -0.15) is 5.10 Å². The normalized spacial score (nSPS) is 10.7. The van der Waals surface area contributed by atoms with Crippen LogP contribution in [0.4, 0.5) is 0 Å². The highest BCUT2D eigenvalue weighted by Crippen LogP contribution is 2.22. The lowest BCUT2D eigenvalue weighted by Crippen LogP contribution is -2.19. The highest BCUT2D eigenvalue weighted by Gasteiger charge is 2.05. The molecular formula is C18H20N2O2. The van der Waals surface area contributed by atoms with Crippen molar-refractivity contribution in [2.45, 2.75) is 20.3 Å². The molecule has 0 heterocycles. The largest absolute Gasteiger partial charge is 0.496 e. The summed E-state index contributed by atoms with van der Waals surface area (Å²) in [5.41, 5.74) is 6.63. The third-order valence-corrected chi connectivity index (χ3v) is 3.60. The van der Waals surface area contributed by atoms with Crippen LogP contribution in [0.15, 0.2) is 47.6 Å². The molecule has 0 aromatic heterocycles. The monoisotopic (exact) mass is 296 g/mol. The Bertz CT molecular complexity index is 679. The van der Waals surface area contributed by atoms with Gasteiger partial charge in [-0.15, -0.1) is 0 Å². The van der Waals surface area contributed by atoms with Gasteiger partial charge in [0.2, 0.25) is 5.91 Å². The number of carbonyl (C=O) groups is 1. The first-order chi connectivity index (χ1) is 10.6. The van der Waals surface area contributed by atoms with E-state index in [1.165, 1.54) is 0 Å². The van der Waals surface area contributed by atoms with E-state index in [2.05, 4.69) is 10.5 Å². The van der Waals surface area contributed by atoms with E-state index in [1.54, 1.807) is 13.3 Å². The molecule has 1 N–H and O–H groups in total. The maximum absolute atomic E-state index is 11.8. The number of hydrogen-bond acceptors (Lipinski definition) is 3. The summed E-state index contributed by atoms with van der Waals surface area (Å²) in [7, 11) is 1.65. The van der Waals surface area contributed by atoms with E-state index in [1.807, 2.05) is 56.3 Å². The molecule has 0 radical (unpaired) electrons. The van der Waals surface area contributed by atoms with E-state index in [0.29, 0.717) is 6.42 Å². The van der Waals surface area contributed by atoms with E-state index in [9.17, 15) is 4.79 Å². The second kappa shape index (κ2) is 7.41. The van der Waals surface area contributed by atoms with Gasteiger partial charge in [-0.1, -0.05) is 30.3 Å². The Hall–Kier alpha value is -2.62. The highest BCUT2D eigenvalue weighted by molar-refractivity contribution is 5.85. The van der Waals surface area contributed by atoms with Crippen molar-refractivity contribution in [3.63, 3.8) is 0 Å². The Balaban J connectivity index is 1.98. The molecule has 1 amide bonds. The van der Waals surface area contributed by atoms with Gasteiger partial charge in [0.15, 0.2) is 0 Å². The predicted octanol–water partition coefficient (Wildman–Crippen LogP) is 3.00. The summed E-state index contributed by atoms with van der Waals surface area (Å²) in [6, 6.07) is 13.4. The van der Waals surface area contributed by atoms with Crippen molar-refractivity contribution in [3.8, 4) is 5.75 Å². The van der Waals surface area contributed by atoms with Gasteiger partial charge < -0.3 is 4.74 Å². The number of nitrogens with zero attached hydrogens (tertiary/aromatic N) is 1. The van der Waals surface area contributed by atoms with Crippen LogP contribution in [0, 0.1) is 13.8 Å². The van der Waals surface area contributed by atoms with Crippen LogP contribution in [0.25, 0.3) is 0 Å². The van der Waals surface area contributed by atoms with Crippen molar-refractivity contribution >= 4 is 12.1 Å². The van der Waals surface area contributed by atoms with Crippen molar-refractivity contribution in [1.29, 1.82) is 0 Å².